The molecule has 68 valence electrons. The van der Waals surface area contributed by atoms with Gasteiger partial charge in [0.1, 0.15) is 0 Å². The summed E-state index contributed by atoms with van der Waals surface area (Å²) >= 11 is 0. The van der Waals surface area contributed by atoms with Crippen molar-refractivity contribution in [3.8, 4) is 0 Å². The van der Waals surface area contributed by atoms with Crippen LogP contribution >= 0.6 is 0 Å². The Morgan fingerprint density at radius 2 is 2.08 bits per heavy atom. The summed E-state index contributed by atoms with van der Waals surface area (Å²) in [5.74, 6) is 0.655. The Hall–Kier alpha value is -0.760. The normalized spacial score (nSPS) is 13.8. The first-order valence-electron chi connectivity index (χ1n) is 4.52. The van der Waals surface area contributed by atoms with Crippen LogP contribution in [-0.4, -0.2) is 4.57 Å². The van der Waals surface area contributed by atoms with Crippen LogP contribution in [0.4, 0.5) is 0 Å². The quantitative estimate of drug-likeness (QED) is 0.733. The molecule has 0 spiro atoms. The summed E-state index contributed by atoms with van der Waals surface area (Å²) in [6, 6.07) is 4.68. The van der Waals surface area contributed by atoms with Crippen molar-refractivity contribution in [3.05, 3.63) is 24.0 Å². The maximum Gasteiger partial charge on any atom is 0.0334 e. The van der Waals surface area contributed by atoms with Gasteiger partial charge in [-0.3, -0.25) is 0 Å². The number of rotatable bonds is 3. The van der Waals surface area contributed by atoms with Crippen LogP contribution in [-0.2, 0) is 6.54 Å². The van der Waals surface area contributed by atoms with E-state index < -0.39 is 0 Å². The minimum atomic E-state index is 0.540. The van der Waals surface area contributed by atoms with E-state index in [0.29, 0.717) is 18.5 Å². The molecule has 1 aromatic heterocycles. The molecule has 1 unspecified atom stereocenters. The van der Waals surface area contributed by atoms with E-state index >= 15 is 0 Å². The van der Waals surface area contributed by atoms with Crippen molar-refractivity contribution in [2.24, 2.45) is 11.7 Å². The van der Waals surface area contributed by atoms with E-state index in [2.05, 4.69) is 43.7 Å². The largest absolute Gasteiger partial charge is 0.347 e. The summed E-state index contributed by atoms with van der Waals surface area (Å²) in [5, 5.41) is 0. The first-order valence-corrected chi connectivity index (χ1v) is 4.52. The third kappa shape index (κ3) is 1.69. The Morgan fingerprint density at radius 3 is 2.58 bits per heavy atom. The van der Waals surface area contributed by atoms with Gasteiger partial charge in [-0.1, -0.05) is 13.8 Å². The lowest BCUT2D eigenvalue weighted by atomic mass is 10.1. The van der Waals surface area contributed by atoms with Crippen molar-refractivity contribution in [1.29, 1.82) is 0 Å². The van der Waals surface area contributed by atoms with Gasteiger partial charge in [-0.2, -0.15) is 0 Å². The van der Waals surface area contributed by atoms with Crippen LogP contribution in [0.15, 0.2) is 18.3 Å². The van der Waals surface area contributed by atoms with Crippen LogP contribution in [0.2, 0.25) is 0 Å². The summed E-state index contributed by atoms with van der Waals surface area (Å²) in [7, 11) is 0. The number of nitrogens with two attached hydrogens (primary N) is 1. The predicted molar refractivity (Wildman–Crippen MR) is 51.9 cm³/mol. The SMILES string of the molecule is CC(C)C(C)n1cccc1CN. The monoisotopic (exact) mass is 166 g/mol. The molecule has 2 heteroatoms. The van der Waals surface area contributed by atoms with Crippen molar-refractivity contribution >= 4 is 0 Å². The van der Waals surface area contributed by atoms with Gasteiger partial charge in [-0.25, -0.2) is 0 Å². The Morgan fingerprint density at radius 1 is 1.42 bits per heavy atom. The highest BCUT2D eigenvalue weighted by Crippen LogP contribution is 2.18. The zero-order valence-corrected chi connectivity index (χ0v) is 8.12. The molecule has 12 heavy (non-hydrogen) atoms. The zero-order chi connectivity index (χ0) is 9.14. The highest BCUT2D eigenvalue weighted by Gasteiger charge is 2.10. The van der Waals surface area contributed by atoms with E-state index in [4.69, 9.17) is 5.73 Å². The molecule has 0 aromatic carbocycles. The van der Waals surface area contributed by atoms with Gasteiger partial charge < -0.3 is 10.3 Å². The average Bonchev–Trinajstić information content (AvgIpc) is 2.49. The fraction of sp³-hybridized carbons (Fsp3) is 0.600. The van der Waals surface area contributed by atoms with Gasteiger partial charge in [0.25, 0.3) is 0 Å². The van der Waals surface area contributed by atoms with E-state index in [0.717, 1.165) is 0 Å². The molecule has 0 amide bonds. The molecule has 1 aromatic rings. The minimum absolute atomic E-state index is 0.540. The number of hydrogen-bond donors (Lipinski definition) is 1. The summed E-state index contributed by atoms with van der Waals surface area (Å²) in [4.78, 5) is 0. The lowest BCUT2D eigenvalue weighted by Gasteiger charge is -2.20. The lowest BCUT2D eigenvalue weighted by molar-refractivity contribution is 0.400. The van der Waals surface area contributed by atoms with E-state index in [-0.39, 0.29) is 0 Å². The Labute approximate surface area is 74.4 Å². The Kier molecular flexibility index (Phi) is 2.93. The second-order valence-electron chi connectivity index (χ2n) is 3.60. The predicted octanol–water partition coefficient (Wildman–Crippen LogP) is 2.16. The van der Waals surface area contributed by atoms with Crippen LogP contribution in [0.5, 0.6) is 0 Å². The van der Waals surface area contributed by atoms with Crippen molar-refractivity contribution in [2.75, 3.05) is 0 Å². The molecule has 0 fully saturated rings. The van der Waals surface area contributed by atoms with Gasteiger partial charge in [-0.05, 0) is 25.0 Å². The first-order chi connectivity index (χ1) is 5.66. The van der Waals surface area contributed by atoms with Crippen molar-refractivity contribution in [2.45, 2.75) is 33.4 Å². The molecule has 1 atom stereocenters. The van der Waals surface area contributed by atoms with Crippen LogP contribution < -0.4 is 5.73 Å². The molecular weight excluding hydrogens is 148 g/mol. The van der Waals surface area contributed by atoms with E-state index in [9.17, 15) is 0 Å². The molecule has 0 radical (unpaired) electrons. The van der Waals surface area contributed by atoms with Crippen LogP contribution in [0, 0.1) is 5.92 Å². The maximum absolute atomic E-state index is 5.61. The molecule has 2 N–H and O–H groups in total. The molecule has 0 bridgehead atoms. The van der Waals surface area contributed by atoms with Crippen molar-refractivity contribution < 1.29 is 0 Å². The summed E-state index contributed by atoms with van der Waals surface area (Å²) in [6.07, 6.45) is 2.10. The summed E-state index contributed by atoms with van der Waals surface area (Å²) in [6.45, 7) is 7.31. The van der Waals surface area contributed by atoms with Crippen molar-refractivity contribution in [3.63, 3.8) is 0 Å². The number of hydrogen-bond acceptors (Lipinski definition) is 1. The van der Waals surface area contributed by atoms with Gasteiger partial charge in [0.15, 0.2) is 0 Å². The molecule has 1 heterocycles. The molecule has 0 aliphatic rings. The third-order valence-corrected chi connectivity index (χ3v) is 2.48. The second kappa shape index (κ2) is 3.76. The number of nitrogens with zero attached hydrogens (tertiary/aromatic N) is 1. The fourth-order valence-corrected chi connectivity index (χ4v) is 1.32. The molecule has 1 rings (SSSR count). The number of aromatic nitrogens is 1. The fourth-order valence-electron chi connectivity index (χ4n) is 1.32. The molecular formula is C10H18N2. The minimum Gasteiger partial charge on any atom is -0.347 e. The average molecular weight is 166 g/mol. The molecule has 0 aliphatic heterocycles. The maximum atomic E-state index is 5.61. The third-order valence-electron chi connectivity index (χ3n) is 2.48. The zero-order valence-electron chi connectivity index (χ0n) is 8.12. The second-order valence-corrected chi connectivity index (χ2v) is 3.60. The van der Waals surface area contributed by atoms with Crippen LogP contribution in [0.1, 0.15) is 32.5 Å². The van der Waals surface area contributed by atoms with Gasteiger partial charge in [0.05, 0.1) is 0 Å². The van der Waals surface area contributed by atoms with Crippen LogP contribution in [0.25, 0.3) is 0 Å². The van der Waals surface area contributed by atoms with Crippen molar-refractivity contribution in [1.82, 2.24) is 4.57 Å². The van der Waals surface area contributed by atoms with Gasteiger partial charge in [-0.15, -0.1) is 0 Å². The molecule has 0 aliphatic carbocycles. The topological polar surface area (TPSA) is 30.9 Å². The Balaban J connectivity index is 2.86. The van der Waals surface area contributed by atoms with Gasteiger partial charge in [0.2, 0.25) is 0 Å². The van der Waals surface area contributed by atoms with Crippen LogP contribution in [0.3, 0.4) is 0 Å². The summed E-state index contributed by atoms with van der Waals surface area (Å²) in [5.41, 5.74) is 6.83. The van der Waals surface area contributed by atoms with E-state index in [1.165, 1.54) is 5.69 Å². The smallest absolute Gasteiger partial charge is 0.0334 e. The van der Waals surface area contributed by atoms with Gasteiger partial charge >= 0.3 is 0 Å². The first kappa shape index (κ1) is 9.33. The molecule has 0 saturated heterocycles. The highest BCUT2D eigenvalue weighted by molar-refractivity contribution is 5.08. The lowest BCUT2D eigenvalue weighted by Crippen LogP contribution is -2.15. The summed E-state index contributed by atoms with van der Waals surface area (Å²) < 4.78 is 2.25. The van der Waals surface area contributed by atoms with E-state index in [1.807, 2.05) is 0 Å². The molecule has 0 saturated carbocycles. The van der Waals surface area contributed by atoms with Gasteiger partial charge in [0, 0.05) is 24.5 Å². The molecule has 2 nitrogen and oxygen atoms in total. The standard InChI is InChI=1S/C10H18N2/c1-8(2)9(3)12-6-4-5-10(12)7-11/h4-6,8-9H,7,11H2,1-3H3. The highest BCUT2D eigenvalue weighted by atomic mass is 15.0. The Bertz CT molecular complexity index is 238. The van der Waals surface area contributed by atoms with E-state index in [1.54, 1.807) is 0 Å².